The van der Waals surface area contributed by atoms with Crippen LogP contribution in [-0.4, -0.2) is 31.1 Å². The molecule has 25 heavy (non-hydrogen) atoms. The molecule has 0 bridgehead atoms. The van der Waals surface area contributed by atoms with Crippen LogP contribution in [0.15, 0.2) is 0 Å². The Balaban J connectivity index is 1.97. The average molecular weight is 357 g/mol. The third kappa shape index (κ3) is 10.9. The van der Waals surface area contributed by atoms with Crippen LogP contribution in [-0.2, 0) is 19.0 Å². The lowest BCUT2D eigenvalue weighted by molar-refractivity contribution is -0.168. The second kappa shape index (κ2) is 13.6. The molecule has 1 rings (SSSR count). The van der Waals surface area contributed by atoms with E-state index in [1.807, 2.05) is 13.8 Å². The van der Waals surface area contributed by atoms with E-state index in [4.69, 9.17) is 14.2 Å². The van der Waals surface area contributed by atoms with Gasteiger partial charge in [-0.25, -0.2) is 0 Å². The summed E-state index contributed by atoms with van der Waals surface area (Å²) in [5.41, 5.74) is 0. The van der Waals surface area contributed by atoms with Crippen molar-refractivity contribution in [1.82, 2.24) is 0 Å². The molecule has 0 saturated carbocycles. The normalized spacial score (nSPS) is 23.1. The highest BCUT2D eigenvalue weighted by Crippen LogP contribution is 2.30. The molecule has 0 radical (unpaired) electrons. The fourth-order valence-corrected chi connectivity index (χ4v) is 3.38. The van der Waals surface area contributed by atoms with Crippen LogP contribution in [0.25, 0.3) is 0 Å². The van der Waals surface area contributed by atoms with Gasteiger partial charge in [-0.1, -0.05) is 71.1 Å². The molecule has 0 N–H and O–H groups in total. The summed E-state index contributed by atoms with van der Waals surface area (Å²) >= 11 is 0. The zero-order chi connectivity index (χ0) is 18.4. The van der Waals surface area contributed by atoms with Gasteiger partial charge in [0, 0.05) is 6.42 Å². The van der Waals surface area contributed by atoms with Crippen LogP contribution in [0.2, 0.25) is 0 Å². The second-order valence-corrected chi connectivity index (χ2v) is 7.46. The lowest BCUT2D eigenvalue weighted by atomic mass is 10.0. The predicted octanol–water partition coefficient (Wildman–Crippen LogP) is 5.77. The van der Waals surface area contributed by atoms with Gasteiger partial charge < -0.3 is 14.2 Å². The number of ether oxygens (including phenoxy) is 3. The van der Waals surface area contributed by atoms with Crippen LogP contribution in [0.4, 0.5) is 0 Å². The fourth-order valence-electron chi connectivity index (χ4n) is 3.38. The standard InChI is InChI=1S/C21H40O4/c1-4-6-7-8-9-10-11-12-13-14-15-19-18-24-21(3,25-19)17-16-20(22)23-5-2/h19H,4-18H2,1-3H3. The molecule has 0 aliphatic carbocycles. The van der Waals surface area contributed by atoms with E-state index >= 15 is 0 Å². The van der Waals surface area contributed by atoms with Crippen molar-refractivity contribution in [3.8, 4) is 0 Å². The maximum atomic E-state index is 11.5. The summed E-state index contributed by atoms with van der Waals surface area (Å²) in [6.45, 7) is 7.10. The highest BCUT2D eigenvalue weighted by Gasteiger charge is 2.37. The molecule has 1 aliphatic rings. The smallest absolute Gasteiger partial charge is 0.305 e. The van der Waals surface area contributed by atoms with Crippen LogP contribution >= 0.6 is 0 Å². The van der Waals surface area contributed by atoms with Gasteiger partial charge in [0.2, 0.25) is 0 Å². The summed E-state index contributed by atoms with van der Waals surface area (Å²) in [5, 5.41) is 0. The molecule has 148 valence electrons. The second-order valence-electron chi connectivity index (χ2n) is 7.46. The van der Waals surface area contributed by atoms with Gasteiger partial charge in [0.25, 0.3) is 0 Å². The Morgan fingerprint density at radius 3 is 2.20 bits per heavy atom. The van der Waals surface area contributed by atoms with Gasteiger partial charge in [-0.2, -0.15) is 0 Å². The first kappa shape index (κ1) is 22.4. The van der Waals surface area contributed by atoms with Gasteiger partial charge >= 0.3 is 5.97 Å². The predicted molar refractivity (Wildman–Crippen MR) is 102 cm³/mol. The van der Waals surface area contributed by atoms with Crippen molar-refractivity contribution in [3.63, 3.8) is 0 Å². The number of esters is 1. The molecule has 2 atom stereocenters. The van der Waals surface area contributed by atoms with E-state index in [1.165, 1.54) is 64.2 Å². The molecule has 0 amide bonds. The van der Waals surface area contributed by atoms with E-state index in [9.17, 15) is 4.79 Å². The number of hydrogen-bond acceptors (Lipinski definition) is 4. The van der Waals surface area contributed by atoms with Crippen molar-refractivity contribution in [3.05, 3.63) is 0 Å². The van der Waals surface area contributed by atoms with Gasteiger partial charge in [0.15, 0.2) is 5.79 Å². The lowest BCUT2D eigenvalue weighted by Crippen LogP contribution is -2.28. The number of carbonyl (C=O) groups excluding carboxylic acids is 1. The average Bonchev–Trinajstić information content (AvgIpc) is 2.97. The van der Waals surface area contributed by atoms with Gasteiger partial charge in [0.05, 0.1) is 25.7 Å². The van der Waals surface area contributed by atoms with E-state index in [0.717, 1.165) is 6.42 Å². The van der Waals surface area contributed by atoms with Crippen LogP contribution in [0, 0.1) is 0 Å². The molecular weight excluding hydrogens is 316 g/mol. The largest absolute Gasteiger partial charge is 0.466 e. The van der Waals surface area contributed by atoms with Crippen molar-refractivity contribution in [1.29, 1.82) is 0 Å². The van der Waals surface area contributed by atoms with Crippen molar-refractivity contribution in [2.24, 2.45) is 0 Å². The minimum atomic E-state index is -0.615. The van der Waals surface area contributed by atoms with Crippen molar-refractivity contribution in [2.45, 2.75) is 116 Å². The van der Waals surface area contributed by atoms with Crippen molar-refractivity contribution >= 4 is 5.97 Å². The Morgan fingerprint density at radius 1 is 1.00 bits per heavy atom. The maximum absolute atomic E-state index is 11.5. The third-order valence-electron chi connectivity index (χ3n) is 4.96. The fraction of sp³-hybridized carbons (Fsp3) is 0.952. The number of rotatable bonds is 15. The molecule has 4 nitrogen and oxygen atoms in total. The topological polar surface area (TPSA) is 44.8 Å². The lowest BCUT2D eigenvalue weighted by Gasteiger charge is -2.22. The van der Waals surface area contributed by atoms with Crippen molar-refractivity contribution < 1.29 is 19.0 Å². The van der Waals surface area contributed by atoms with E-state index in [-0.39, 0.29) is 12.1 Å². The summed E-state index contributed by atoms with van der Waals surface area (Å²) in [6, 6.07) is 0. The summed E-state index contributed by atoms with van der Waals surface area (Å²) in [6.07, 6.45) is 15.7. The van der Waals surface area contributed by atoms with Crippen LogP contribution in [0.1, 0.15) is 104 Å². The Bertz CT molecular complexity index is 345. The zero-order valence-electron chi connectivity index (χ0n) is 16.8. The first-order valence-corrected chi connectivity index (χ1v) is 10.6. The molecule has 0 aromatic heterocycles. The maximum Gasteiger partial charge on any atom is 0.305 e. The molecule has 0 spiro atoms. The molecule has 1 aliphatic heterocycles. The summed E-state index contributed by atoms with van der Waals surface area (Å²) in [4.78, 5) is 11.5. The Kier molecular flexibility index (Phi) is 12.2. The summed E-state index contributed by atoms with van der Waals surface area (Å²) in [5.74, 6) is -0.787. The third-order valence-corrected chi connectivity index (χ3v) is 4.96. The molecule has 1 fully saturated rings. The van der Waals surface area contributed by atoms with Crippen LogP contribution < -0.4 is 0 Å². The number of hydrogen-bond donors (Lipinski definition) is 0. The van der Waals surface area contributed by atoms with Gasteiger partial charge in [-0.05, 0) is 20.3 Å². The minimum Gasteiger partial charge on any atom is -0.466 e. The van der Waals surface area contributed by atoms with E-state index in [0.29, 0.717) is 26.1 Å². The van der Waals surface area contributed by atoms with Crippen LogP contribution in [0.3, 0.4) is 0 Å². The summed E-state index contributed by atoms with van der Waals surface area (Å²) < 4.78 is 16.8. The van der Waals surface area contributed by atoms with Gasteiger partial charge in [-0.3, -0.25) is 4.79 Å². The van der Waals surface area contributed by atoms with Gasteiger partial charge in [-0.15, -0.1) is 0 Å². The Hall–Kier alpha value is -0.610. The Morgan fingerprint density at radius 2 is 1.60 bits per heavy atom. The first-order valence-electron chi connectivity index (χ1n) is 10.6. The highest BCUT2D eigenvalue weighted by molar-refractivity contribution is 5.69. The zero-order valence-corrected chi connectivity index (χ0v) is 16.8. The SMILES string of the molecule is CCCCCCCCCCCCC1COC(C)(CCC(=O)OCC)O1. The van der Waals surface area contributed by atoms with E-state index in [2.05, 4.69) is 6.92 Å². The quantitative estimate of drug-likeness (QED) is 0.276. The highest BCUT2D eigenvalue weighted by atomic mass is 16.7. The molecule has 1 heterocycles. The van der Waals surface area contributed by atoms with Gasteiger partial charge in [0.1, 0.15) is 0 Å². The molecule has 0 aromatic carbocycles. The van der Waals surface area contributed by atoms with Crippen LogP contribution in [0.5, 0.6) is 0 Å². The minimum absolute atomic E-state index is 0.172. The van der Waals surface area contributed by atoms with Crippen molar-refractivity contribution in [2.75, 3.05) is 13.2 Å². The number of unbranched alkanes of at least 4 members (excludes halogenated alkanes) is 9. The monoisotopic (exact) mass is 356 g/mol. The first-order chi connectivity index (χ1) is 12.1. The Labute approximate surface area is 155 Å². The van der Waals surface area contributed by atoms with E-state index < -0.39 is 5.79 Å². The summed E-state index contributed by atoms with van der Waals surface area (Å²) in [7, 11) is 0. The molecule has 2 unspecified atom stereocenters. The molecular formula is C21H40O4. The molecule has 4 heteroatoms. The molecule has 0 aromatic rings. The van der Waals surface area contributed by atoms with E-state index in [1.54, 1.807) is 0 Å². The molecule has 1 saturated heterocycles. The number of carbonyl (C=O) groups is 1.